The molecule has 2 aromatic heterocycles. The van der Waals surface area contributed by atoms with E-state index in [9.17, 15) is 24.3 Å². The van der Waals surface area contributed by atoms with Gasteiger partial charge in [-0.2, -0.15) is 0 Å². The maximum absolute atomic E-state index is 12.7. The molecule has 10 heteroatoms. The van der Waals surface area contributed by atoms with Crippen LogP contribution in [-0.2, 0) is 16.1 Å². The minimum atomic E-state index is -1.10. The van der Waals surface area contributed by atoms with Gasteiger partial charge in [-0.05, 0) is 30.3 Å². The topological polar surface area (TPSA) is 139 Å². The van der Waals surface area contributed by atoms with Gasteiger partial charge >= 0.3 is 18.0 Å². The van der Waals surface area contributed by atoms with Gasteiger partial charge in [0.15, 0.2) is 0 Å². The first-order valence-corrected chi connectivity index (χ1v) is 9.31. The van der Waals surface area contributed by atoms with Crippen molar-refractivity contribution in [2.45, 2.75) is 6.54 Å². The fourth-order valence-electron chi connectivity index (χ4n) is 3.15. The third-order valence-corrected chi connectivity index (χ3v) is 4.66. The van der Waals surface area contributed by atoms with Gasteiger partial charge in [-0.3, -0.25) is 9.69 Å². The molecule has 0 spiro atoms. The van der Waals surface area contributed by atoms with Crippen LogP contribution in [0.5, 0.6) is 0 Å². The number of urea groups is 1. The van der Waals surface area contributed by atoms with Gasteiger partial charge in [-0.1, -0.05) is 18.2 Å². The number of nitrogens with one attached hydrogen (secondary N) is 1. The molecule has 0 radical (unpaired) electrons. The Morgan fingerprint density at radius 1 is 1.09 bits per heavy atom. The van der Waals surface area contributed by atoms with Crippen LogP contribution >= 0.6 is 0 Å². The van der Waals surface area contributed by atoms with Crippen molar-refractivity contribution < 1.29 is 37.9 Å². The fourth-order valence-corrected chi connectivity index (χ4v) is 3.15. The summed E-state index contributed by atoms with van der Waals surface area (Å²) < 4.78 is 15.5. The SMILES string of the molecule is COC(=O)c1ccc(CN2C(=O)NC(=Cc3ccc(-c4ccccc4C(=O)O)o3)C2=O)o1. The standard InChI is InChI=1S/C22H16N2O8/c1-30-21(28)18-9-7-13(32-18)11-24-19(25)16(23-22(24)29)10-12-6-8-17(31-12)14-4-2-3-5-15(14)20(26)27/h2-10H,11H2,1H3,(H,23,29)(H,26,27). The number of carboxylic acid groups (broad SMARTS) is 1. The molecular weight excluding hydrogens is 420 g/mol. The van der Waals surface area contributed by atoms with Gasteiger partial charge in [0.2, 0.25) is 5.76 Å². The highest BCUT2D eigenvalue weighted by atomic mass is 16.5. The van der Waals surface area contributed by atoms with Crippen molar-refractivity contribution in [2.24, 2.45) is 0 Å². The monoisotopic (exact) mass is 436 g/mol. The molecule has 1 aliphatic heterocycles. The highest BCUT2D eigenvalue weighted by molar-refractivity contribution is 6.13. The number of esters is 1. The van der Waals surface area contributed by atoms with Gasteiger partial charge in [-0.25, -0.2) is 14.4 Å². The molecule has 0 unspecified atom stereocenters. The zero-order chi connectivity index (χ0) is 22.8. The molecule has 10 nitrogen and oxygen atoms in total. The Kier molecular flexibility index (Phi) is 5.34. The van der Waals surface area contributed by atoms with E-state index in [0.29, 0.717) is 11.3 Å². The Morgan fingerprint density at radius 3 is 2.62 bits per heavy atom. The lowest BCUT2D eigenvalue weighted by atomic mass is 10.1. The molecule has 162 valence electrons. The average molecular weight is 436 g/mol. The van der Waals surface area contributed by atoms with E-state index in [-0.39, 0.29) is 35.1 Å². The Labute approximate surface area is 180 Å². The molecule has 32 heavy (non-hydrogen) atoms. The van der Waals surface area contributed by atoms with Crippen LogP contribution in [0.2, 0.25) is 0 Å². The van der Waals surface area contributed by atoms with Crippen LogP contribution in [-0.4, -0.2) is 41.0 Å². The van der Waals surface area contributed by atoms with Crippen LogP contribution < -0.4 is 5.32 Å². The number of benzene rings is 1. The van der Waals surface area contributed by atoms with E-state index >= 15 is 0 Å². The van der Waals surface area contributed by atoms with Gasteiger partial charge in [0.05, 0.1) is 19.2 Å². The number of ether oxygens (including phenoxy) is 1. The smallest absolute Gasteiger partial charge is 0.373 e. The lowest BCUT2D eigenvalue weighted by Crippen LogP contribution is -2.30. The summed E-state index contributed by atoms with van der Waals surface area (Å²) in [7, 11) is 1.21. The van der Waals surface area contributed by atoms with Crippen molar-refractivity contribution in [3.63, 3.8) is 0 Å². The number of hydrogen-bond donors (Lipinski definition) is 2. The second kappa shape index (κ2) is 8.26. The number of methoxy groups -OCH3 is 1. The predicted octanol–water partition coefficient (Wildman–Crippen LogP) is 3.12. The number of carbonyl (C=O) groups is 4. The summed E-state index contributed by atoms with van der Waals surface area (Å²) in [4.78, 5) is 48.7. The van der Waals surface area contributed by atoms with Gasteiger partial charge in [0.1, 0.15) is 23.0 Å². The number of aromatic carboxylic acids is 1. The van der Waals surface area contributed by atoms with Crippen molar-refractivity contribution in [2.75, 3.05) is 7.11 Å². The molecular formula is C22H16N2O8. The highest BCUT2D eigenvalue weighted by Crippen LogP contribution is 2.27. The number of nitrogens with zero attached hydrogens (tertiary/aromatic N) is 1. The van der Waals surface area contributed by atoms with Crippen molar-refractivity contribution in [1.82, 2.24) is 10.2 Å². The molecule has 1 fully saturated rings. The summed E-state index contributed by atoms with van der Waals surface area (Å²) in [6.07, 6.45) is 1.34. The molecule has 2 N–H and O–H groups in total. The van der Waals surface area contributed by atoms with Crippen LogP contribution in [0, 0.1) is 0 Å². The molecule has 0 aliphatic carbocycles. The van der Waals surface area contributed by atoms with Crippen molar-refractivity contribution in [1.29, 1.82) is 0 Å². The summed E-state index contributed by atoms with van der Waals surface area (Å²) in [6.45, 7) is -0.186. The minimum absolute atomic E-state index is 0.0258. The van der Waals surface area contributed by atoms with Crippen LogP contribution in [0.1, 0.15) is 32.4 Å². The Bertz CT molecular complexity index is 1270. The van der Waals surface area contributed by atoms with E-state index in [1.54, 1.807) is 30.3 Å². The van der Waals surface area contributed by atoms with Crippen LogP contribution in [0.25, 0.3) is 17.4 Å². The normalized spacial score (nSPS) is 14.7. The van der Waals surface area contributed by atoms with Gasteiger partial charge in [-0.15, -0.1) is 0 Å². The maximum Gasteiger partial charge on any atom is 0.373 e. The summed E-state index contributed by atoms with van der Waals surface area (Å²) in [5, 5.41) is 11.8. The predicted molar refractivity (Wildman–Crippen MR) is 108 cm³/mol. The lowest BCUT2D eigenvalue weighted by molar-refractivity contribution is -0.123. The zero-order valence-corrected chi connectivity index (χ0v) is 16.7. The molecule has 0 atom stereocenters. The fraction of sp³-hybridized carbons (Fsp3) is 0.0909. The largest absolute Gasteiger partial charge is 0.478 e. The summed E-state index contributed by atoms with van der Waals surface area (Å²) in [5.74, 6) is -1.66. The summed E-state index contributed by atoms with van der Waals surface area (Å²) in [6, 6.07) is 11.7. The molecule has 0 saturated carbocycles. The van der Waals surface area contributed by atoms with Gasteiger partial charge < -0.3 is 24.0 Å². The number of rotatable bonds is 6. The first-order chi connectivity index (χ1) is 15.4. The van der Waals surface area contributed by atoms with E-state index < -0.39 is 23.9 Å². The van der Waals surface area contributed by atoms with Gasteiger partial charge in [0, 0.05) is 11.6 Å². The highest BCUT2D eigenvalue weighted by Gasteiger charge is 2.34. The Morgan fingerprint density at radius 2 is 1.88 bits per heavy atom. The molecule has 3 heterocycles. The quantitative estimate of drug-likeness (QED) is 0.341. The summed E-state index contributed by atoms with van der Waals surface area (Å²) in [5.41, 5.74) is 0.428. The first-order valence-electron chi connectivity index (χ1n) is 9.31. The van der Waals surface area contributed by atoms with Crippen LogP contribution in [0.3, 0.4) is 0 Å². The van der Waals surface area contributed by atoms with Crippen molar-refractivity contribution in [3.8, 4) is 11.3 Å². The first kappa shape index (κ1) is 20.7. The van der Waals surface area contributed by atoms with E-state index in [4.69, 9.17) is 8.83 Å². The van der Waals surface area contributed by atoms with Crippen molar-refractivity contribution in [3.05, 3.63) is 77.1 Å². The molecule has 1 aliphatic rings. The molecule has 1 aromatic carbocycles. The number of imide groups is 1. The average Bonchev–Trinajstić information content (AvgIpc) is 3.50. The van der Waals surface area contributed by atoms with Crippen LogP contribution in [0.15, 0.2) is 63.1 Å². The molecule has 3 amide bonds. The third-order valence-electron chi connectivity index (χ3n) is 4.66. The number of furan rings is 2. The third kappa shape index (κ3) is 3.88. The number of carbonyl (C=O) groups excluding carboxylic acids is 3. The lowest BCUT2D eigenvalue weighted by Gasteiger charge is -2.09. The molecule has 4 rings (SSSR count). The second-order valence-corrected chi connectivity index (χ2v) is 6.69. The van der Waals surface area contributed by atoms with E-state index in [0.717, 1.165) is 4.90 Å². The van der Waals surface area contributed by atoms with E-state index in [1.165, 1.54) is 31.4 Å². The maximum atomic E-state index is 12.7. The minimum Gasteiger partial charge on any atom is -0.478 e. The number of amides is 3. The molecule has 1 saturated heterocycles. The van der Waals surface area contributed by atoms with Crippen molar-refractivity contribution >= 4 is 30.0 Å². The van der Waals surface area contributed by atoms with E-state index in [2.05, 4.69) is 10.1 Å². The molecule has 3 aromatic rings. The Hall–Kier alpha value is -4.60. The second-order valence-electron chi connectivity index (χ2n) is 6.69. The Balaban J connectivity index is 1.53. The number of hydrogen-bond acceptors (Lipinski definition) is 7. The number of carboxylic acids is 1. The van der Waals surface area contributed by atoms with Crippen LogP contribution in [0.4, 0.5) is 4.79 Å². The van der Waals surface area contributed by atoms with E-state index in [1.807, 2.05) is 0 Å². The zero-order valence-electron chi connectivity index (χ0n) is 16.7. The van der Waals surface area contributed by atoms with Gasteiger partial charge in [0.25, 0.3) is 5.91 Å². The molecule has 0 bridgehead atoms. The summed E-state index contributed by atoms with van der Waals surface area (Å²) >= 11 is 0.